The average Bonchev–Trinajstić information content (AvgIpc) is 1.85. The van der Waals surface area contributed by atoms with Crippen molar-refractivity contribution >= 4 is 15.9 Å². The lowest BCUT2D eigenvalue weighted by Gasteiger charge is -1.76. The van der Waals surface area contributed by atoms with Gasteiger partial charge in [-0.3, -0.25) is 0 Å². The zero-order chi connectivity index (χ0) is 6.15. The molecule has 0 N–H and O–H groups in total. The van der Waals surface area contributed by atoms with E-state index >= 15 is 0 Å². The predicted molar refractivity (Wildman–Crippen MR) is 34.3 cm³/mol. The highest BCUT2D eigenvalue weighted by Crippen LogP contribution is 2.02. The molecular weight excluding hydrogens is 295 g/mol. The van der Waals surface area contributed by atoms with E-state index < -0.39 is 0 Å². The molecule has 0 aliphatic rings. The normalized spacial score (nSPS) is 8.78. The Morgan fingerprint density at radius 3 is 2.33 bits per heavy atom. The second-order valence-electron chi connectivity index (χ2n) is 1.84. The van der Waals surface area contributed by atoms with Crippen LogP contribution in [0.2, 0.25) is 0 Å². The second-order valence-corrected chi connectivity index (χ2v) is 2.66. The van der Waals surface area contributed by atoms with Crippen molar-refractivity contribution in [1.82, 2.24) is 4.57 Å². The van der Waals surface area contributed by atoms with Gasteiger partial charge in [-0.15, -0.1) is 0 Å². The molecule has 0 saturated heterocycles. The van der Waals surface area contributed by atoms with E-state index in [0.29, 0.717) is 0 Å². The Bertz CT molecular complexity index is 177. The van der Waals surface area contributed by atoms with Crippen LogP contribution in [-0.2, 0) is 14.1 Å². The van der Waals surface area contributed by atoms with E-state index in [1.54, 1.807) is 0 Å². The smallest absolute Gasteiger partial charge is 0.244 e. The van der Waals surface area contributed by atoms with Gasteiger partial charge in [-0.2, -0.15) is 0 Å². The zero-order valence-corrected chi connectivity index (χ0v) is 9.05. The molecule has 1 aromatic heterocycles. The Balaban J connectivity index is 0.000000640. The summed E-state index contributed by atoms with van der Waals surface area (Å²) in [5, 5.41) is 0. The van der Waals surface area contributed by atoms with Gasteiger partial charge in [0.1, 0.15) is 6.20 Å². The number of hydrogen-bond donors (Lipinski definition) is 0. The van der Waals surface area contributed by atoms with Gasteiger partial charge in [0.05, 0.1) is 14.1 Å². The highest BCUT2D eigenvalue weighted by atomic mass is 127. The number of rotatable bonds is 0. The van der Waals surface area contributed by atoms with E-state index in [2.05, 4.69) is 15.9 Å². The van der Waals surface area contributed by atoms with Crippen LogP contribution in [0.4, 0.5) is 0 Å². The second kappa shape index (κ2) is 3.55. The van der Waals surface area contributed by atoms with E-state index in [4.69, 9.17) is 0 Å². The van der Waals surface area contributed by atoms with Crippen molar-refractivity contribution in [3.05, 3.63) is 17.1 Å². The Labute approximate surface area is 80.0 Å². The van der Waals surface area contributed by atoms with Gasteiger partial charge in [0.15, 0.2) is 0 Å². The first-order chi connectivity index (χ1) is 3.70. The SMILES string of the molecule is Cn1c[n+](C)cc1Br.[I-]. The van der Waals surface area contributed by atoms with Crippen LogP contribution in [0.1, 0.15) is 0 Å². The Morgan fingerprint density at radius 2 is 2.22 bits per heavy atom. The molecule has 1 heterocycles. The molecule has 0 unspecified atom stereocenters. The molecule has 0 amide bonds. The van der Waals surface area contributed by atoms with Crippen molar-refractivity contribution in [3.8, 4) is 0 Å². The monoisotopic (exact) mass is 302 g/mol. The third kappa shape index (κ3) is 2.25. The molecule has 4 heteroatoms. The summed E-state index contributed by atoms with van der Waals surface area (Å²) >= 11 is 3.36. The predicted octanol–water partition coefficient (Wildman–Crippen LogP) is -2.38. The van der Waals surface area contributed by atoms with Crippen molar-refractivity contribution in [2.24, 2.45) is 14.1 Å². The molecule has 1 rings (SSSR count). The fourth-order valence-corrected chi connectivity index (χ4v) is 1.04. The van der Waals surface area contributed by atoms with Crippen LogP contribution in [-0.4, -0.2) is 4.57 Å². The van der Waals surface area contributed by atoms with Gasteiger partial charge in [-0.1, -0.05) is 0 Å². The number of imidazole rings is 1. The third-order valence-corrected chi connectivity index (χ3v) is 1.77. The zero-order valence-electron chi connectivity index (χ0n) is 5.31. The highest BCUT2D eigenvalue weighted by Gasteiger charge is 2.00. The molecular formula is C5H8BrIN2. The van der Waals surface area contributed by atoms with Gasteiger partial charge in [0, 0.05) is 15.9 Å². The first kappa shape index (κ1) is 9.42. The minimum atomic E-state index is 0. The van der Waals surface area contributed by atoms with Crippen LogP contribution in [0, 0.1) is 0 Å². The van der Waals surface area contributed by atoms with Gasteiger partial charge in [-0.25, -0.2) is 9.13 Å². The molecule has 0 aromatic carbocycles. The summed E-state index contributed by atoms with van der Waals surface area (Å²) < 4.78 is 5.09. The lowest BCUT2D eigenvalue weighted by Crippen LogP contribution is -3.00. The first-order valence-corrected chi connectivity index (χ1v) is 3.16. The minimum absolute atomic E-state index is 0. The van der Waals surface area contributed by atoms with Gasteiger partial charge in [0.25, 0.3) is 0 Å². The maximum absolute atomic E-state index is 3.36. The molecule has 0 atom stereocenters. The summed E-state index contributed by atoms with van der Waals surface area (Å²) in [6.45, 7) is 0. The number of nitrogens with zero attached hydrogens (tertiary/aromatic N) is 2. The summed E-state index contributed by atoms with van der Waals surface area (Å²) in [6.07, 6.45) is 3.99. The molecule has 0 fully saturated rings. The van der Waals surface area contributed by atoms with Crippen LogP contribution >= 0.6 is 15.9 Å². The summed E-state index contributed by atoms with van der Waals surface area (Å²) in [4.78, 5) is 0. The maximum Gasteiger partial charge on any atom is 0.244 e. The van der Waals surface area contributed by atoms with E-state index in [9.17, 15) is 0 Å². The van der Waals surface area contributed by atoms with Crippen molar-refractivity contribution < 1.29 is 28.5 Å². The van der Waals surface area contributed by atoms with Crippen LogP contribution in [0.3, 0.4) is 0 Å². The van der Waals surface area contributed by atoms with Crippen molar-refractivity contribution in [2.75, 3.05) is 0 Å². The molecule has 0 aliphatic heterocycles. The van der Waals surface area contributed by atoms with Crippen LogP contribution in [0.5, 0.6) is 0 Å². The lowest BCUT2D eigenvalue weighted by atomic mass is 10.9. The molecule has 1 aromatic rings. The van der Waals surface area contributed by atoms with Gasteiger partial charge in [-0.05, 0) is 0 Å². The molecule has 0 spiro atoms. The number of hydrogen-bond acceptors (Lipinski definition) is 0. The highest BCUT2D eigenvalue weighted by molar-refractivity contribution is 9.10. The minimum Gasteiger partial charge on any atom is -1.00 e. The Morgan fingerprint density at radius 1 is 1.67 bits per heavy atom. The number of halogens is 2. The van der Waals surface area contributed by atoms with Crippen LogP contribution in [0.15, 0.2) is 17.1 Å². The first-order valence-electron chi connectivity index (χ1n) is 2.37. The summed E-state index contributed by atoms with van der Waals surface area (Å²) in [7, 11) is 3.98. The third-order valence-electron chi connectivity index (χ3n) is 1.00. The van der Waals surface area contributed by atoms with Gasteiger partial charge in [0.2, 0.25) is 10.9 Å². The van der Waals surface area contributed by atoms with E-state index in [1.165, 1.54) is 0 Å². The quantitative estimate of drug-likeness (QED) is 0.374. The van der Waals surface area contributed by atoms with Crippen molar-refractivity contribution in [1.29, 1.82) is 0 Å². The fourth-order valence-electron chi connectivity index (χ4n) is 0.621. The molecule has 9 heavy (non-hydrogen) atoms. The van der Waals surface area contributed by atoms with E-state index in [0.717, 1.165) is 4.60 Å². The van der Waals surface area contributed by atoms with Crippen LogP contribution < -0.4 is 28.5 Å². The van der Waals surface area contributed by atoms with E-state index in [-0.39, 0.29) is 24.0 Å². The Hall–Kier alpha value is 0.420. The van der Waals surface area contributed by atoms with Crippen LogP contribution in [0.25, 0.3) is 0 Å². The fraction of sp³-hybridized carbons (Fsp3) is 0.400. The topological polar surface area (TPSA) is 8.81 Å². The van der Waals surface area contributed by atoms with Crippen molar-refractivity contribution in [2.45, 2.75) is 0 Å². The van der Waals surface area contributed by atoms with Gasteiger partial charge < -0.3 is 24.0 Å². The molecule has 52 valence electrons. The summed E-state index contributed by atoms with van der Waals surface area (Å²) in [5.41, 5.74) is 0. The van der Waals surface area contributed by atoms with Crippen molar-refractivity contribution in [3.63, 3.8) is 0 Å². The standard InChI is InChI=1S/C5H8BrN2.HI/c1-7-3-5(6)8(2)4-7;/h3-4H,1-2H3;1H/q+1;/p-1. The lowest BCUT2D eigenvalue weighted by molar-refractivity contribution is -0.671. The van der Waals surface area contributed by atoms with Gasteiger partial charge >= 0.3 is 0 Å². The molecule has 2 nitrogen and oxygen atoms in total. The Kier molecular flexibility index (Phi) is 3.72. The number of aryl methyl sites for hydroxylation is 2. The summed E-state index contributed by atoms with van der Waals surface area (Å²) in [6, 6.07) is 0. The van der Waals surface area contributed by atoms with E-state index in [1.807, 2.05) is 35.8 Å². The molecule has 0 bridgehead atoms. The molecule has 0 aliphatic carbocycles. The molecule has 0 saturated carbocycles. The summed E-state index contributed by atoms with van der Waals surface area (Å²) in [5.74, 6) is 0. The maximum atomic E-state index is 3.36. The largest absolute Gasteiger partial charge is 1.00 e. The molecule has 0 radical (unpaired) electrons. The average molecular weight is 303 g/mol. The number of aromatic nitrogens is 2.